The number of benzene rings is 1. The highest BCUT2D eigenvalue weighted by Crippen LogP contribution is 2.48. The van der Waals surface area contributed by atoms with Gasteiger partial charge in [-0.15, -0.1) is 0 Å². The van der Waals surface area contributed by atoms with Gasteiger partial charge in [-0.3, -0.25) is 0 Å². The van der Waals surface area contributed by atoms with E-state index in [9.17, 15) is 9.90 Å². The standard InChI is InChI=1S/C16H22N2O3/c1-21-14-5-3-2-4-13(14)17-16(20)18-15-11-7-6-10(8-11)12(15)9-19/h2-5,10-12,15,19H,6-9H2,1H3,(H2,17,18,20). The Bertz CT molecular complexity index is 520. The fourth-order valence-corrected chi connectivity index (χ4v) is 3.96. The molecule has 0 aromatic heterocycles. The van der Waals surface area contributed by atoms with E-state index in [0.717, 1.165) is 12.8 Å². The number of fused-ring (bicyclic) bond motifs is 2. The molecule has 3 N–H and O–H groups in total. The smallest absolute Gasteiger partial charge is 0.319 e. The van der Waals surface area contributed by atoms with Crippen LogP contribution in [-0.4, -0.2) is 30.9 Å². The summed E-state index contributed by atoms with van der Waals surface area (Å²) in [6.07, 6.45) is 3.47. The van der Waals surface area contributed by atoms with E-state index in [2.05, 4.69) is 10.6 Å². The van der Waals surface area contributed by atoms with E-state index in [4.69, 9.17) is 4.74 Å². The SMILES string of the molecule is COc1ccccc1NC(=O)NC1C2CCC(C2)C1CO. The Morgan fingerprint density at radius 1 is 1.33 bits per heavy atom. The third-order valence-corrected chi connectivity index (χ3v) is 4.95. The van der Waals surface area contributed by atoms with Gasteiger partial charge in [0, 0.05) is 18.6 Å². The Morgan fingerprint density at radius 3 is 2.86 bits per heavy atom. The zero-order valence-corrected chi connectivity index (χ0v) is 12.2. The topological polar surface area (TPSA) is 70.6 Å². The molecule has 0 saturated heterocycles. The summed E-state index contributed by atoms with van der Waals surface area (Å²) in [6.45, 7) is 0.154. The van der Waals surface area contributed by atoms with Crippen molar-refractivity contribution in [2.75, 3.05) is 19.0 Å². The Balaban J connectivity index is 1.64. The Kier molecular flexibility index (Phi) is 4.01. The number of hydrogen-bond acceptors (Lipinski definition) is 3. The van der Waals surface area contributed by atoms with Gasteiger partial charge in [0.1, 0.15) is 5.75 Å². The van der Waals surface area contributed by atoms with Crippen LogP contribution in [-0.2, 0) is 0 Å². The largest absolute Gasteiger partial charge is 0.495 e. The predicted molar refractivity (Wildman–Crippen MR) is 80.3 cm³/mol. The first-order valence-corrected chi connectivity index (χ1v) is 7.54. The molecule has 1 aromatic carbocycles. The monoisotopic (exact) mass is 290 g/mol. The average molecular weight is 290 g/mol. The number of methoxy groups -OCH3 is 1. The minimum Gasteiger partial charge on any atom is -0.495 e. The van der Waals surface area contributed by atoms with Crippen molar-refractivity contribution in [3.8, 4) is 5.75 Å². The van der Waals surface area contributed by atoms with Gasteiger partial charge in [0.15, 0.2) is 0 Å². The second-order valence-corrected chi connectivity index (χ2v) is 6.00. The van der Waals surface area contributed by atoms with Crippen LogP contribution in [0.15, 0.2) is 24.3 Å². The van der Waals surface area contributed by atoms with E-state index < -0.39 is 0 Å². The van der Waals surface area contributed by atoms with Crippen LogP contribution in [0.2, 0.25) is 0 Å². The summed E-state index contributed by atoms with van der Waals surface area (Å²) in [4.78, 5) is 12.2. The normalized spacial score (nSPS) is 30.2. The minimum atomic E-state index is -0.226. The van der Waals surface area contributed by atoms with E-state index in [0.29, 0.717) is 23.3 Å². The molecule has 2 amide bonds. The summed E-state index contributed by atoms with van der Waals surface area (Å²) in [5.74, 6) is 1.92. The molecule has 0 aliphatic heterocycles. The van der Waals surface area contributed by atoms with Gasteiger partial charge < -0.3 is 20.5 Å². The number of carbonyl (C=O) groups is 1. The van der Waals surface area contributed by atoms with E-state index in [1.165, 1.54) is 6.42 Å². The molecule has 21 heavy (non-hydrogen) atoms. The third kappa shape index (κ3) is 2.70. The number of aliphatic hydroxyl groups is 1. The van der Waals surface area contributed by atoms with Crippen molar-refractivity contribution in [3.63, 3.8) is 0 Å². The zero-order chi connectivity index (χ0) is 14.8. The molecule has 5 heteroatoms. The molecule has 0 heterocycles. The summed E-state index contributed by atoms with van der Waals surface area (Å²) < 4.78 is 5.23. The lowest BCUT2D eigenvalue weighted by atomic mass is 9.85. The van der Waals surface area contributed by atoms with E-state index in [-0.39, 0.29) is 24.6 Å². The number of rotatable bonds is 4. The summed E-state index contributed by atoms with van der Waals surface area (Å²) in [5, 5.41) is 15.4. The molecule has 2 fully saturated rings. The van der Waals surface area contributed by atoms with Gasteiger partial charge in [0.25, 0.3) is 0 Å². The van der Waals surface area contributed by atoms with Crippen molar-refractivity contribution >= 4 is 11.7 Å². The van der Waals surface area contributed by atoms with Gasteiger partial charge in [-0.1, -0.05) is 12.1 Å². The fourth-order valence-electron chi connectivity index (χ4n) is 3.96. The first kappa shape index (κ1) is 14.2. The maximum Gasteiger partial charge on any atom is 0.319 e. The number of hydrogen-bond donors (Lipinski definition) is 3. The molecule has 4 unspecified atom stereocenters. The van der Waals surface area contributed by atoms with Crippen LogP contribution < -0.4 is 15.4 Å². The van der Waals surface area contributed by atoms with Crippen molar-refractivity contribution in [2.45, 2.75) is 25.3 Å². The van der Waals surface area contributed by atoms with Gasteiger partial charge in [0.05, 0.1) is 12.8 Å². The number of urea groups is 1. The Hall–Kier alpha value is -1.75. The molecule has 2 saturated carbocycles. The van der Waals surface area contributed by atoms with Gasteiger partial charge in [-0.05, 0) is 43.2 Å². The predicted octanol–water partition coefficient (Wildman–Crippen LogP) is 2.22. The highest BCUT2D eigenvalue weighted by atomic mass is 16.5. The number of amides is 2. The maximum absolute atomic E-state index is 12.2. The van der Waals surface area contributed by atoms with Gasteiger partial charge in [-0.2, -0.15) is 0 Å². The third-order valence-electron chi connectivity index (χ3n) is 4.95. The van der Waals surface area contributed by atoms with Crippen LogP contribution in [0.25, 0.3) is 0 Å². The van der Waals surface area contributed by atoms with Gasteiger partial charge >= 0.3 is 6.03 Å². The fraction of sp³-hybridized carbons (Fsp3) is 0.562. The number of anilines is 1. The minimum absolute atomic E-state index is 0.0865. The number of ether oxygens (including phenoxy) is 1. The number of carbonyl (C=O) groups excluding carboxylic acids is 1. The quantitative estimate of drug-likeness (QED) is 0.796. The van der Waals surface area contributed by atoms with Gasteiger partial charge in [-0.25, -0.2) is 4.79 Å². The van der Waals surface area contributed by atoms with Crippen LogP contribution in [0.1, 0.15) is 19.3 Å². The first-order valence-electron chi connectivity index (χ1n) is 7.54. The molecular formula is C16H22N2O3. The molecule has 2 aliphatic rings. The van der Waals surface area contributed by atoms with E-state index >= 15 is 0 Å². The lowest BCUT2D eigenvalue weighted by molar-refractivity contribution is 0.146. The average Bonchev–Trinajstić information content (AvgIpc) is 3.08. The highest BCUT2D eigenvalue weighted by molar-refractivity contribution is 5.91. The molecule has 114 valence electrons. The molecule has 1 aromatic rings. The van der Waals surface area contributed by atoms with Crippen molar-refractivity contribution < 1.29 is 14.6 Å². The molecular weight excluding hydrogens is 268 g/mol. The number of para-hydroxylation sites is 2. The summed E-state index contributed by atoms with van der Waals surface area (Å²) in [5.41, 5.74) is 0.654. The molecule has 2 bridgehead atoms. The number of nitrogens with one attached hydrogen (secondary N) is 2. The molecule has 0 spiro atoms. The lowest BCUT2D eigenvalue weighted by Gasteiger charge is -2.30. The zero-order valence-electron chi connectivity index (χ0n) is 12.2. The summed E-state index contributed by atoms with van der Waals surface area (Å²) in [6, 6.07) is 7.19. The molecule has 2 aliphatic carbocycles. The molecule has 5 nitrogen and oxygen atoms in total. The second-order valence-electron chi connectivity index (χ2n) is 6.00. The van der Waals surface area contributed by atoms with Crippen molar-refractivity contribution in [1.82, 2.24) is 5.32 Å². The van der Waals surface area contributed by atoms with Crippen LogP contribution in [0.3, 0.4) is 0 Å². The molecule has 3 rings (SSSR count). The lowest BCUT2D eigenvalue weighted by Crippen LogP contribution is -2.46. The van der Waals surface area contributed by atoms with Crippen molar-refractivity contribution in [3.05, 3.63) is 24.3 Å². The highest BCUT2D eigenvalue weighted by Gasteiger charge is 2.47. The summed E-state index contributed by atoms with van der Waals surface area (Å²) >= 11 is 0. The van der Waals surface area contributed by atoms with Gasteiger partial charge in [0.2, 0.25) is 0 Å². The van der Waals surface area contributed by atoms with Crippen LogP contribution in [0, 0.1) is 17.8 Å². The van der Waals surface area contributed by atoms with E-state index in [1.54, 1.807) is 7.11 Å². The van der Waals surface area contributed by atoms with Crippen molar-refractivity contribution in [2.24, 2.45) is 17.8 Å². The number of aliphatic hydroxyl groups excluding tert-OH is 1. The van der Waals surface area contributed by atoms with E-state index in [1.807, 2.05) is 24.3 Å². The van der Waals surface area contributed by atoms with Crippen molar-refractivity contribution in [1.29, 1.82) is 0 Å². The molecule has 4 atom stereocenters. The molecule has 0 radical (unpaired) electrons. The first-order chi connectivity index (χ1) is 10.2. The Labute approximate surface area is 124 Å². The van der Waals surface area contributed by atoms with Crippen LogP contribution in [0.4, 0.5) is 10.5 Å². The summed E-state index contributed by atoms with van der Waals surface area (Å²) in [7, 11) is 1.58. The van der Waals surface area contributed by atoms with Crippen LogP contribution in [0.5, 0.6) is 5.75 Å². The maximum atomic E-state index is 12.2. The Morgan fingerprint density at radius 2 is 2.10 bits per heavy atom. The van der Waals surface area contributed by atoms with Crippen LogP contribution >= 0.6 is 0 Å². The second kappa shape index (κ2) is 5.93.